The first kappa shape index (κ1) is 20.8. The van der Waals surface area contributed by atoms with Crippen LogP contribution in [-0.2, 0) is 11.2 Å². The summed E-state index contributed by atoms with van der Waals surface area (Å²) in [7, 11) is 0. The van der Waals surface area contributed by atoms with Crippen LogP contribution in [0.15, 0.2) is 85.2 Å². The summed E-state index contributed by atoms with van der Waals surface area (Å²) in [6.45, 7) is 0. The number of nitriles is 1. The van der Waals surface area contributed by atoms with Crippen LogP contribution in [0.25, 0.3) is 28.2 Å². The molecule has 34 heavy (non-hydrogen) atoms. The minimum Gasteiger partial charge on any atom is -0.383 e. The van der Waals surface area contributed by atoms with Gasteiger partial charge < -0.3 is 11.1 Å². The largest absolute Gasteiger partial charge is 0.383 e. The smallest absolute Gasteiger partial charge is 0.228 e. The Balaban J connectivity index is 1.44. The number of amides is 1. The average molecular weight is 445 g/mol. The fourth-order valence-corrected chi connectivity index (χ4v) is 3.76. The Bertz CT molecular complexity index is 1550. The van der Waals surface area contributed by atoms with Gasteiger partial charge in [-0.25, -0.2) is 15.0 Å². The average Bonchev–Trinajstić information content (AvgIpc) is 3.24. The highest BCUT2D eigenvalue weighted by Crippen LogP contribution is 2.30. The summed E-state index contributed by atoms with van der Waals surface area (Å²) in [5, 5.41) is 11.9. The second-order valence-electron chi connectivity index (χ2n) is 7.64. The van der Waals surface area contributed by atoms with Gasteiger partial charge in [-0.05, 0) is 60.2 Å². The van der Waals surface area contributed by atoms with Crippen molar-refractivity contribution in [3.63, 3.8) is 0 Å². The molecule has 0 saturated carbocycles. The van der Waals surface area contributed by atoms with Gasteiger partial charge in [0.25, 0.3) is 0 Å². The lowest BCUT2D eigenvalue weighted by atomic mass is 10.1. The first-order valence-corrected chi connectivity index (χ1v) is 10.6. The Labute approximate surface area is 195 Å². The van der Waals surface area contributed by atoms with Gasteiger partial charge in [-0.15, -0.1) is 0 Å². The van der Waals surface area contributed by atoms with Crippen molar-refractivity contribution in [1.29, 1.82) is 5.26 Å². The molecule has 8 nitrogen and oxygen atoms in total. The number of pyridine rings is 2. The van der Waals surface area contributed by atoms with Gasteiger partial charge >= 0.3 is 0 Å². The number of hydrogen-bond acceptors (Lipinski definition) is 6. The number of hydrogen-bond donors (Lipinski definition) is 2. The highest BCUT2D eigenvalue weighted by atomic mass is 16.1. The van der Waals surface area contributed by atoms with Gasteiger partial charge in [0.2, 0.25) is 5.91 Å². The van der Waals surface area contributed by atoms with Gasteiger partial charge in [0, 0.05) is 23.8 Å². The number of aromatic nitrogens is 4. The zero-order valence-electron chi connectivity index (χ0n) is 18.0. The molecule has 0 radical (unpaired) electrons. The van der Waals surface area contributed by atoms with Crippen LogP contribution in [0.3, 0.4) is 0 Å². The van der Waals surface area contributed by atoms with E-state index in [9.17, 15) is 4.79 Å². The molecule has 3 N–H and O–H groups in total. The molecule has 1 amide bonds. The lowest BCUT2D eigenvalue weighted by molar-refractivity contribution is -0.115. The molecule has 0 atom stereocenters. The number of anilines is 2. The van der Waals surface area contributed by atoms with Crippen molar-refractivity contribution < 1.29 is 4.79 Å². The van der Waals surface area contributed by atoms with Crippen LogP contribution in [0.1, 0.15) is 11.1 Å². The fourth-order valence-electron chi connectivity index (χ4n) is 3.76. The summed E-state index contributed by atoms with van der Waals surface area (Å²) in [5.41, 5.74) is 11.1. The molecular weight excluding hydrogens is 426 g/mol. The number of carbonyl (C=O) groups is 1. The summed E-state index contributed by atoms with van der Waals surface area (Å²) >= 11 is 0. The number of benzene rings is 2. The van der Waals surface area contributed by atoms with Crippen molar-refractivity contribution >= 4 is 28.6 Å². The molecular formula is C26H19N7O. The number of nitrogens with one attached hydrogen (secondary N) is 1. The number of nitrogen functional groups attached to an aromatic ring is 1. The second-order valence-corrected chi connectivity index (χ2v) is 7.64. The van der Waals surface area contributed by atoms with Crippen molar-refractivity contribution in [3.8, 4) is 23.1 Å². The number of nitrogens with zero attached hydrogens (tertiary/aromatic N) is 5. The highest BCUT2D eigenvalue weighted by molar-refractivity contribution is 5.92. The molecule has 3 aromatic heterocycles. The molecule has 8 heteroatoms. The molecule has 0 fully saturated rings. The van der Waals surface area contributed by atoms with Gasteiger partial charge in [0.1, 0.15) is 11.3 Å². The van der Waals surface area contributed by atoms with E-state index in [0.717, 1.165) is 16.8 Å². The predicted octanol–water partition coefficient (Wildman–Crippen LogP) is 4.12. The van der Waals surface area contributed by atoms with Gasteiger partial charge in [-0.3, -0.25) is 9.36 Å². The molecule has 0 saturated heterocycles. The Hall–Kier alpha value is -5.03. The van der Waals surface area contributed by atoms with E-state index in [1.54, 1.807) is 36.7 Å². The SMILES string of the molecule is N#Cc1cccc(NC(=O)Cc2ccc(-n3c(-c4cccnc4N)nc4cccnc43)cc2)c1. The highest BCUT2D eigenvalue weighted by Gasteiger charge is 2.17. The Morgan fingerprint density at radius 3 is 2.59 bits per heavy atom. The summed E-state index contributed by atoms with van der Waals surface area (Å²) in [4.78, 5) is 26.0. The zero-order chi connectivity index (χ0) is 23.5. The Morgan fingerprint density at radius 1 is 1.00 bits per heavy atom. The molecule has 3 heterocycles. The van der Waals surface area contributed by atoms with E-state index in [1.165, 1.54) is 0 Å². The van der Waals surface area contributed by atoms with Crippen molar-refractivity contribution in [2.45, 2.75) is 6.42 Å². The van der Waals surface area contributed by atoms with E-state index >= 15 is 0 Å². The van der Waals surface area contributed by atoms with Crippen molar-refractivity contribution in [2.24, 2.45) is 0 Å². The van der Waals surface area contributed by atoms with Gasteiger partial charge in [-0.2, -0.15) is 5.26 Å². The number of fused-ring (bicyclic) bond motifs is 1. The molecule has 164 valence electrons. The third kappa shape index (κ3) is 4.06. The van der Waals surface area contributed by atoms with Crippen molar-refractivity contribution in [1.82, 2.24) is 19.5 Å². The maximum Gasteiger partial charge on any atom is 0.228 e. The van der Waals surface area contributed by atoms with Crippen molar-refractivity contribution in [3.05, 3.63) is 96.3 Å². The van der Waals surface area contributed by atoms with Crippen LogP contribution in [-0.4, -0.2) is 25.4 Å². The maximum atomic E-state index is 12.5. The summed E-state index contributed by atoms with van der Waals surface area (Å²) < 4.78 is 1.93. The molecule has 0 aliphatic rings. The van der Waals surface area contributed by atoms with E-state index in [1.807, 2.05) is 53.1 Å². The summed E-state index contributed by atoms with van der Waals surface area (Å²) in [6.07, 6.45) is 3.56. The Morgan fingerprint density at radius 2 is 1.79 bits per heavy atom. The number of nitrogens with two attached hydrogens (primary N) is 1. The maximum absolute atomic E-state index is 12.5. The summed E-state index contributed by atoms with van der Waals surface area (Å²) in [5.74, 6) is 0.858. The fraction of sp³-hybridized carbons (Fsp3) is 0.0385. The van der Waals surface area contributed by atoms with Crippen LogP contribution >= 0.6 is 0 Å². The minimum absolute atomic E-state index is 0.165. The first-order valence-electron chi connectivity index (χ1n) is 10.6. The summed E-state index contributed by atoms with van der Waals surface area (Å²) in [6, 6.07) is 23.9. The van der Waals surface area contributed by atoms with Crippen LogP contribution in [0.5, 0.6) is 0 Å². The normalized spacial score (nSPS) is 10.7. The van der Waals surface area contributed by atoms with Crippen LogP contribution in [0.4, 0.5) is 11.5 Å². The Kier molecular flexibility index (Phi) is 5.42. The molecule has 0 unspecified atom stereocenters. The van der Waals surface area contributed by atoms with E-state index < -0.39 is 0 Å². The first-order chi connectivity index (χ1) is 16.6. The van der Waals surface area contributed by atoms with Gasteiger partial charge in [0.05, 0.1) is 23.6 Å². The molecule has 5 aromatic rings. The van der Waals surface area contributed by atoms with E-state index in [4.69, 9.17) is 16.0 Å². The molecule has 0 aliphatic heterocycles. The molecule has 0 spiro atoms. The number of carbonyl (C=O) groups excluding carboxylic acids is 1. The number of imidazole rings is 1. The lowest BCUT2D eigenvalue weighted by Crippen LogP contribution is -2.14. The van der Waals surface area contributed by atoms with Gasteiger partial charge in [0.15, 0.2) is 11.5 Å². The predicted molar refractivity (Wildman–Crippen MR) is 130 cm³/mol. The standard InChI is InChI=1S/C26H19N7O/c27-16-18-4-1-5-19(14-18)31-23(34)15-17-8-10-20(11-9-17)33-25(21-6-2-12-29-24(21)28)32-22-7-3-13-30-26(22)33/h1-14H,15H2,(H2,28,29)(H,31,34). The van der Waals surface area contributed by atoms with E-state index in [2.05, 4.69) is 21.4 Å². The molecule has 5 rings (SSSR count). The molecule has 0 bridgehead atoms. The van der Waals surface area contributed by atoms with Crippen LogP contribution in [0.2, 0.25) is 0 Å². The van der Waals surface area contributed by atoms with E-state index in [0.29, 0.717) is 34.1 Å². The van der Waals surface area contributed by atoms with Crippen molar-refractivity contribution in [2.75, 3.05) is 11.1 Å². The lowest BCUT2D eigenvalue weighted by Gasteiger charge is -2.11. The third-order valence-electron chi connectivity index (χ3n) is 5.33. The minimum atomic E-state index is -0.165. The molecule has 0 aliphatic carbocycles. The second kappa shape index (κ2) is 8.84. The molecule has 2 aromatic carbocycles. The monoisotopic (exact) mass is 445 g/mol. The third-order valence-corrected chi connectivity index (χ3v) is 5.33. The quantitative estimate of drug-likeness (QED) is 0.420. The van der Waals surface area contributed by atoms with Crippen LogP contribution in [0, 0.1) is 11.3 Å². The van der Waals surface area contributed by atoms with E-state index in [-0.39, 0.29) is 12.3 Å². The van der Waals surface area contributed by atoms with Gasteiger partial charge in [-0.1, -0.05) is 18.2 Å². The number of rotatable bonds is 5. The van der Waals surface area contributed by atoms with Crippen LogP contribution < -0.4 is 11.1 Å². The zero-order valence-corrected chi connectivity index (χ0v) is 18.0. The topological polar surface area (TPSA) is 123 Å².